The van der Waals surface area contributed by atoms with Gasteiger partial charge in [0.2, 0.25) is 0 Å². The summed E-state index contributed by atoms with van der Waals surface area (Å²) in [6.07, 6.45) is 0.783. The number of nitrogen functional groups attached to an aromatic ring is 1. The van der Waals surface area contributed by atoms with Crippen LogP contribution in [0.5, 0.6) is 5.75 Å². The number of hydrogen-bond acceptors (Lipinski definition) is 2. The zero-order chi connectivity index (χ0) is 13.1. The molecule has 0 spiro atoms. The van der Waals surface area contributed by atoms with E-state index in [1.165, 1.54) is 5.56 Å². The normalized spacial score (nSPS) is 10.4. The van der Waals surface area contributed by atoms with Crippen molar-refractivity contribution in [2.75, 3.05) is 12.8 Å². The van der Waals surface area contributed by atoms with Crippen LogP contribution in [-0.2, 0) is 6.42 Å². The van der Waals surface area contributed by atoms with Crippen LogP contribution in [0.4, 0.5) is 5.69 Å². The summed E-state index contributed by atoms with van der Waals surface area (Å²) in [4.78, 5) is 0. The van der Waals surface area contributed by atoms with Gasteiger partial charge in [-0.1, -0.05) is 23.7 Å². The molecular weight excluding hydrogens is 246 g/mol. The SMILES string of the molecule is COc1c(C)cc(Cl)cc1Cc1ccc(N)cc1. The number of benzene rings is 2. The highest BCUT2D eigenvalue weighted by molar-refractivity contribution is 6.30. The highest BCUT2D eigenvalue weighted by Gasteiger charge is 2.09. The summed E-state index contributed by atoms with van der Waals surface area (Å²) in [6, 6.07) is 11.7. The van der Waals surface area contributed by atoms with E-state index in [0.29, 0.717) is 0 Å². The molecule has 0 fully saturated rings. The summed E-state index contributed by atoms with van der Waals surface area (Å²) in [5.74, 6) is 0.899. The molecule has 0 aliphatic rings. The van der Waals surface area contributed by atoms with Crippen molar-refractivity contribution in [3.63, 3.8) is 0 Å². The van der Waals surface area contributed by atoms with Gasteiger partial charge in [0.25, 0.3) is 0 Å². The fourth-order valence-electron chi connectivity index (χ4n) is 2.08. The molecule has 2 rings (SSSR count). The molecule has 0 radical (unpaired) electrons. The minimum Gasteiger partial charge on any atom is -0.496 e. The van der Waals surface area contributed by atoms with Crippen molar-refractivity contribution in [1.82, 2.24) is 0 Å². The van der Waals surface area contributed by atoms with E-state index in [-0.39, 0.29) is 0 Å². The van der Waals surface area contributed by atoms with Crippen molar-refractivity contribution in [1.29, 1.82) is 0 Å². The Labute approximate surface area is 112 Å². The molecule has 0 saturated carbocycles. The molecule has 0 amide bonds. The zero-order valence-corrected chi connectivity index (χ0v) is 11.3. The fourth-order valence-corrected chi connectivity index (χ4v) is 2.37. The summed E-state index contributed by atoms with van der Waals surface area (Å²) < 4.78 is 5.44. The first-order chi connectivity index (χ1) is 8.60. The van der Waals surface area contributed by atoms with Crippen molar-refractivity contribution >= 4 is 17.3 Å². The number of methoxy groups -OCH3 is 1. The molecule has 0 aliphatic carbocycles. The molecular formula is C15H16ClNO. The van der Waals surface area contributed by atoms with Gasteiger partial charge in [0, 0.05) is 22.7 Å². The molecule has 0 bridgehead atoms. The predicted molar refractivity (Wildman–Crippen MR) is 76.4 cm³/mol. The second kappa shape index (κ2) is 5.32. The molecule has 0 atom stereocenters. The third kappa shape index (κ3) is 2.77. The van der Waals surface area contributed by atoms with Crippen molar-refractivity contribution < 1.29 is 4.74 Å². The van der Waals surface area contributed by atoms with Gasteiger partial charge in [-0.25, -0.2) is 0 Å². The Morgan fingerprint density at radius 2 is 1.83 bits per heavy atom. The summed E-state index contributed by atoms with van der Waals surface area (Å²) in [6.45, 7) is 2.00. The molecule has 2 aromatic carbocycles. The van der Waals surface area contributed by atoms with Crippen LogP contribution in [0.3, 0.4) is 0 Å². The van der Waals surface area contributed by atoms with Crippen LogP contribution in [-0.4, -0.2) is 7.11 Å². The Kier molecular flexibility index (Phi) is 3.78. The van der Waals surface area contributed by atoms with E-state index in [2.05, 4.69) is 0 Å². The predicted octanol–water partition coefficient (Wildman–Crippen LogP) is 3.83. The lowest BCUT2D eigenvalue weighted by molar-refractivity contribution is 0.407. The second-order valence-electron chi connectivity index (χ2n) is 4.33. The third-order valence-electron chi connectivity index (χ3n) is 2.89. The Morgan fingerprint density at radius 1 is 1.17 bits per heavy atom. The van der Waals surface area contributed by atoms with E-state index >= 15 is 0 Å². The second-order valence-corrected chi connectivity index (χ2v) is 4.77. The van der Waals surface area contributed by atoms with Gasteiger partial charge in [-0.05, 0) is 42.3 Å². The lowest BCUT2D eigenvalue weighted by Crippen LogP contribution is -1.97. The number of ether oxygens (including phenoxy) is 1. The maximum absolute atomic E-state index is 6.09. The molecule has 0 heterocycles. The number of anilines is 1. The number of aryl methyl sites for hydroxylation is 1. The number of nitrogens with two attached hydrogens (primary N) is 1. The Hall–Kier alpha value is -1.67. The Bertz CT molecular complexity index is 549. The number of halogens is 1. The van der Waals surface area contributed by atoms with Gasteiger partial charge in [0.15, 0.2) is 0 Å². The van der Waals surface area contributed by atoms with E-state index in [0.717, 1.165) is 34.0 Å². The lowest BCUT2D eigenvalue weighted by Gasteiger charge is -2.12. The number of rotatable bonds is 3. The lowest BCUT2D eigenvalue weighted by atomic mass is 10.0. The molecule has 0 unspecified atom stereocenters. The van der Waals surface area contributed by atoms with Crippen LogP contribution in [0, 0.1) is 6.92 Å². The van der Waals surface area contributed by atoms with Gasteiger partial charge in [-0.2, -0.15) is 0 Å². The van der Waals surface area contributed by atoms with Crippen LogP contribution in [0.1, 0.15) is 16.7 Å². The van der Waals surface area contributed by atoms with Gasteiger partial charge in [-0.3, -0.25) is 0 Å². The van der Waals surface area contributed by atoms with Gasteiger partial charge in [-0.15, -0.1) is 0 Å². The average Bonchev–Trinajstić information content (AvgIpc) is 2.32. The van der Waals surface area contributed by atoms with Crippen LogP contribution >= 0.6 is 11.6 Å². The average molecular weight is 262 g/mol. The van der Waals surface area contributed by atoms with Gasteiger partial charge < -0.3 is 10.5 Å². The van der Waals surface area contributed by atoms with Crippen molar-refractivity contribution in [2.24, 2.45) is 0 Å². The van der Waals surface area contributed by atoms with Crippen molar-refractivity contribution in [2.45, 2.75) is 13.3 Å². The fraction of sp³-hybridized carbons (Fsp3) is 0.200. The first-order valence-corrected chi connectivity index (χ1v) is 6.15. The highest BCUT2D eigenvalue weighted by Crippen LogP contribution is 2.29. The van der Waals surface area contributed by atoms with E-state index in [4.69, 9.17) is 22.1 Å². The maximum atomic E-state index is 6.09. The topological polar surface area (TPSA) is 35.2 Å². The molecule has 2 aromatic rings. The maximum Gasteiger partial charge on any atom is 0.125 e. The van der Waals surface area contributed by atoms with Crippen LogP contribution < -0.4 is 10.5 Å². The first kappa shape index (κ1) is 12.8. The molecule has 0 aliphatic heterocycles. The highest BCUT2D eigenvalue weighted by atomic mass is 35.5. The van der Waals surface area contributed by atoms with Gasteiger partial charge >= 0.3 is 0 Å². The largest absolute Gasteiger partial charge is 0.496 e. The molecule has 0 saturated heterocycles. The summed E-state index contributed by atoms with van der Waals surface area (Å²) in [5.41, 5.74) is 9.78. The minimum atomic E-state index is 0.735. The van der Waals surface area contributed by atoms with Gasteiger partial charge in [0.1, 0.15) is 5.75 Å². The van der Waals surface area contributed by atoms with E-state index in [1.54, 1.807) is 7.11 Å². The molecule has 2 nitrogen and oxygen atoms in total. The standard InChI is InChI=1S/C15H16ClNO/c1-10-7-13(16)9-12(15(10)18-2)8-11-3-5-14(17)6-4-11/h3-7,9H,8,17H2,1-2H3. The summed E-state index contributed by atoms with van der Waals surface area (Å²) in [5, 5.41) is 0.735. The minimum absolute atomic E-state index is 0.735. The monoisotopic (exact) mass is 261 g/mol. The van der Waals surface area contributed by atoms with Crippen LogP contribution in [0.25, 0.3) is 0 Å². The molecule has 3 heteroatoms. The van der Waals surface area contributed by atoms with Crippen molar-refractivity contribution in [3.8, 4) is 5.75 Å². The Balaban J connectivity index is 2.36. The van der Waals surface area contributed by atoms with Crippen LogP contribution in [0.15, 0.2) is 36.4 Å². The quantitative estimate of drug-likeness (QED) is 0.853. The first-order valence-electron chi connectivity index (χ1n) is 5.77. The number of hydrogen-bond donors (Lipinski definition) is 1. The molecule has 0 aromatic heterocycles. The smallest absolute Gasteiger partial charge is 0.125 e. The van der Waals surface area contributed by atoms with E-state index in [1.807, 2.05) is 43.3 Å². The molecule has 18 heavy (non-hydrogen) atoms. The van der Waals surface area contributed by atoms with Gasteiger partial charge in [0.05, 0.1) is 7.11 Å². The van der Waals surface area contributed by atoms with E-state index in [9.17, 15) is 0 Å². The Morgan fingerprint density at radius 3 is 2.44 bits per heavy atom. The summed E-state index contributed by atoms with van der Waals surface area (Å²) >= 11 is 6.09. The summed E-state index contributed by atoms with van der Waals surface area (Å²) in [7, 11) is 1.68. The zero-order valence-electron chi connectivity index (χ0n) is 10.5. The third-order valence-corrected chi connectivity index (χ3v) is 3.11. The molecule has 94 valence electrons. The van der Waals surface area contributed by atoms with Crippen molar-refractivity contribution in [3.05, 3.63) is 58.1 Å². The van der Waals surface area contributed by atoms with Crippen LogP contribution in [0.2, 0.25) is 5.02 Å². The van der Waals surface area contributed by atoms with E-state index < -0.39 is 0 Å². The molecule has 2 N–H and O–H groups in total.